The second-order valence-corrected chi connectivity index (χ2v) is 6.09. The van der Waals surface area contributed by atoms with E-state index >= 15 is 0 Å². The third kappa shape index (κ3) is 4.24. The highest BCUT2D eigenvalue weighted by molar-refractivity contribution is 9.10. The number of carbonyl (C=O) groups excluding carboxylic acids is 2. The van der Waals surface area contributed by atoms with Crippen LogP contribution in [0, 0.1) is 0 Å². The standard InChI is InChI=1S/C16H16BrN3O5/c1-2-7-20-13(18)12(14(22)19-16(20)24)11(21)8-25-15(23)9-3-5-10(17)6-4-9/h3-6H,2,7-8,18H2,1H3,(H,19,22,24). The smallest absolute Gasteiger partial charge is 0.338 e. The van der Waals surface area contributed by atoms with Crippen LogP contribution in [0.3, 0.4) is 0 Å². The average molecular weight is 410 g/mol. The normalized spacial score (nSPS) is 10.5. The number of H-pyrrole nitrogens is 1. The number of hydrogen-bond donors (Lipinski definition) is 2. The van der Waals surface area contributed by atoms with Crippen LogP contribution in [-0.4, -0.2) is 27.9 Å². The SMILES string of the molecule is CCCn1c(N)c(C(=O)COC(=O)c2ccc(Br)cc2)c(=O)[nH]c1=O. The number of nitrogens with two attached hydrogens (primary N) is 1. The number of aromatic nitrogens is 2. The third-order valence-corrected chi connectivity index (χ3v) is 3.91. The highest BCUT2D eigenvalue weighted by Gasteiger charge is 2.20. The van der Waals surface area contributed by atoms with Gasteiger partial charge >= 0.3 is 11.7 Å². The van der Waals surface area contributed by atoms with Crippen LogP contribution in [0.2, 0.25) is 0 Å². The molecular formula is C16H16BrN3O5. The van der Waals surface area contributed by atoms with Gasteiger partial charge in [-0.25, -0.2) is 9.59 Å². The first-order valence-corrected chi connectivity index (χ1v) is 8.23. The Hall–Kier alpha value is -2.68. The summed E-state index contributed by atoms with van der Waals surface area (Å²) in [5.74, 6) is -1.73. The molecule has 2 aromatic rings. The van der Waals surface area contributed by atoms with E-state index in [1.165, 1.54) is 12.1 Å². The van der Waals surface area contributed by atoms with Crippen molar-refractivity contribution in [2.24, 2.45) is 0 Å². The molecule has 0 aliphatic rings. The molecule has 1 aromatic heterocycles. The summed E-state index contributed by atoms with van der Waals surface area (Å²) in [5.41, 5.74) is 4.06. The Bertz CT molecular complexity index is 915. The van der Waals surface area contributed by atoms with E-state index in [-0.39, 0.29) is 17.9 Å². The number of hydrogen-bond acceptors (Lipinski definition) is 6. The zero-order chi connectivity index (χ0) is 18.6. The maximum Gasteiger partial charge on any atom is 0.338 e. The highest BCUT2D eigenvalue weighted by atomic mass is 79.9. The van der Waals surface area contributed by atoms with Crippen LogP contribution in [-0.2, 0) is 11.3 Å². The van der Waals surface area contributed by atoms with E-state index in [0.29, 0.717) is 6.42 Å². The van der Waals surface area contributed by atoms with Crippen LogP contribution in [0.4, 0.5) is 5.82 Å². The lowest BCUT2D eigenvalue weighted by atomic mass is 10.2. The molecule has 0 spiro atoms. The summed E-state index contributed by atoms with van der Waals surface area (Å²) >= 11 is 3.24. The summed E-state index contributed by atoms with van der Waals surface area (Å²) in [7, 11) is 0. The minimum absolute atomic E-state index is 0.236. The van der Waals surface area contributed by atoms with Crippen molar-refractivity contribution in [3.8, 4) is 0 Å². The van der Waals surface area contributed by atoms with Gasteiger partial charge in [0.15, 0.2) is 6.61 Å². The third-order valence-electron chi connectivity index (χ3n) is 3.38. The van der Waals surface area contributed by atoms with E-state index in [0.717, 1.165) is 9.04 Å². The second-order valence-electron chi connectivity index (χ2n) is 5.18. The Morgan fingerprint density at radius 1 is 1.24 bits per heavy atom. The molecule has 25 heavy (non-hydrogen) atoms. The summed E-state index contributed by atoms with van der Waals surface area (Å²) in [6, 6.07) is 6.36. The lowest BCUT2D eigenvalue weighted by Gasteiger charge is -2.11. The van der Waals surface area contributed by atoms with Crippen molar-refractivity contribution >= 4 is 33.5 Å². The minimum atomic E-state index is -0.903. The molecule has 0 saturated carbocycles. The molecule has 2 rings (SSSR count). The molecule has 3 N–H and O–H groups in total. The minimum Gasteiger partial charge on any atom is -0.454 e. The average Bonchev–Trinajstić information content (AvgIpc) is 2.57. The molecule has 0 fully saturated rings. The van der Waals surface area contributed by atoms with Gasteiger partial charge in [-0.2, -0.15) is 0 Å². The number of nitrogen functional groups attached to an aromatic ring is 1. The molecule has 0 bridgehead atoms. The molecule has 0 aliphatic heterocycles. The van der Waals surface area contributed by atoms with E-state index in [4.69, 9.17) is 10.5 Å². The van der Waals surface area contributed by atoms with Gasteiger partial charge in [0.25, 0.3) is 5.56 Å². The number of anilines is 1. The summed E-state index contributed by atoms with van der Waals surface area (Å²) in [5, 5.41) is 0. The van der Waals surface area contributed by atoms with Crippen LogP contribution >= 0.6 is 15.9 Å². The van der Waals surface area contributed by atoms with Crippen LogP contribution in [0.1, 0.15) is 34.1 Å². The zero-order valence-corrected chi connectivity index (χ0v) is 15.0. The highest BCUT2D eigenvalue weighted by Crippen LogP contribution is 2.12. The van der Waals surface area contributed by atoms with Crippen LogP contribution in [0.15, 0.2) is 38.3 Å². The number of ketones is 1. The Kier molecular flexibility index (Phi) is 5.92. The Morgan fingerprint density at radius 2 is 1.88 bits per heavy atom. The predicted octanol–water partition coefficient (Wildman–Crippen LogP) is 1.33. The molecular weight excluding hydrogens is 394 g/mol. The number of nitrogens with zero attached hydrogens (tertiary/aromatic N) is 1. The number of aromatic amines is 1. The first-order chi connectivity index (χ1) is 11.8. The van der Waals surface area contributed by atoms with E-state index < -0.39 is 35.2 Å². The number of nitrogens with one attached hydrogen (secondary N) is 1. The summed E-state index contributed by atoms with van der Waals surface area (Å²) in [4.78, 5) is 49.8. The maximum absolute atomic E-state index is 12.2. The molecule has 0 atom stereocenters. The zero-order valence-electron chi connectivity index (χ0n) is 13.4. The summed E-state index contributed by atoms with van der Waals surface area (Å²) < 4.78 is 6.82. The summed E-state index contributed by atoms with van der Waals surface area (Å²) in [6.45, 7) is 1.41. The number of rotatable bonds is 6. The van der Waals surface area contributed by atoms with Crippen LogP contribution in [0.25, 0.3) is 0 Å². The lowest BCUT2D eigenvalue weighted by Crippen LogP contribution is -2.37. The van der Waals surface area contributed by atoms with Gasteiger partial charge in [0, 0.05) is 11.0 Å². The molecule has 0 aliphatic carbocycles. The molecule has 0 amide bonds. The number of benzene rings is 1. The van der Waals surface area contributed by atoms with Gasteiger partial charge in [0.05, 0.1) is 5.56 Å². The Balaban J connectivity index is 2.19. The molecule has 0 saturated heterocycles. The van der Waals surface area contributed by atoms with E-state index in [1.54, 1.807) is 12.1 Å². The monoisotopic (exact) mass is 409 g/mol. The molecule has 9 heteroatoms. The van der Waals surface area contributed by atoms with E-state index in [9.17, 15) is 19.2 Å². The van der Waals surface area contributed by atoms with Gasteiger partial charge in [-0.15, -0.1) is 0 Å². The number of Topliss-reactive ketones (excluding diaryl/α,β-unsaturated/α-hetero) is 1. The van der Waals surface area contributed by atoms with Gasteiger partial charge in [-0.05, 0) is 30.7 Å². The molecule has 0 unspecified atom stereocenters. The van der Waals surface area contributed by atoms with Crippen molar-refractivity contribution in [2.45, 2.75) is 19.9 Å². The van der Waals surface area contributed by atoms with E-state index in [2.05, 4.69) is 15.9 Å². The topological polar surface area (TPSA) is 124 Å². The predicted molar refractivity (Wildman–Crippen MR) is 94.8 cm³/mol. The number of carbonyl (C=O) groups is 2. The van der Waals surface area contributed by atoms with Gasteiger partial charge in [0.2, 0.25) is 5.78 Å². The summed E-state index contributed by atoms with van der Waals surface area (Å²) in [6.07, 6.45) is 0.586. The molecule has 1 heterocycles. The molecule has 132 valence electrons. The fourth-order valence-corrected chi connectivity index (χ4v) is 2.44. The second kappa shape index (κ2) is 7.93. The van der Waals surface area contributed by atoms with Crippen molar-refractivity contribution < 1.29 is 14.3 Å². The van der Waals surface area contributed by atoms with Gasteiger partial charge in [-0.1, -0.05) is 22.9 Å². The first kappa shape index (κ1) is 18.7. The van der Waals surface area contributed by atoms with Gasteiger partial charge < -0.3 is 10.5 Å². The Labute approximate surface area is 150 Å². The van der Waals surface area contributed by atoms with Crippen LogP contribution < -0.4 is 17.0 Å². The fraction of sp³-hybridized carbons (Fsp3) is 0.250. The lowest BCUT2D eigenvalue weighted by molar-refractivity contribution is 0.0474. The van der Waals surface area contributed by atoms with Crippen molar-refractivity contribution in [3.05, 3.63) is 60.7 Å². The maximum atomic E-state index is 12.2. The first-order valence-electron chi connectivity index (χ1n) is 7.43. The van der Waals surface area contributed by atoms with Crippen molar-refractivity contribution in [3.63, 3.8) is 0 Å². The van der Waals surface area contributed by atoms with Crippen molar-refractivity contribution in [1.29, 1.82) is 0 Å². The Morgan fingerprint density at radius 3 is 2.48 bits per heavy atom. The molecule has 1 aromatic carbocycles. The van der Waals surface area contributed by atoms with Gasteiger partial charge in [-0.3, -0.25) is 19.1 Å². The van der Waals surface area contributed by atoms with Crippen LogP contribution in [0.5, 0.6) is 0 Å². The number of halogens is 1. The molecule has 0 radical (unpaired) electrons. The molecule has 8 nitrogen and oxygen atoms in total. The number of ether oxygens (including phenoxy) is 1. The fourth-order valence-electron chi connectivity index (χ4n) is 2.18. The van der Waals surface area contributed by atoms with Gasteiger partial charge in [0.1, 0.15) is 11.4 Å². The van der Waals surface area contributed by atoms with Crippen molar-refractivity contribution in [2.75, 3.05) is 12.3 Å². The quantitative estimate of drug-likeness (QED) is 0.547. The van der Waals surface area contributed by atoms with E-state index in [1.807, 2.05) is 11.9 Å². The number of esters is 1. The largest absolute Gasteiger partial charge is 0.454 e. The van der Waals surface area contributed by atoms with Crippen molar-refractivity contribution in [1.82, 2.24) is 9.55 Å².